The Morgan fingerprint density at radius 2 is 0.753 bits per heavy atom. The molecule has 7 nitrogen and oxygen atoms in total. The largest absolute Gasteiger partial charge is 1.00 e. The zero-order chi connectivity index (χ0) is 58.1. The summed E-state index contributed by atoms with van der Waals surface area (Å²) in [5.74, 6) is 11.2. The number of halogens is 2. The van der Waals surface area contributed by atoms with Gasteiger partial charge in [0.15, 0.2) is 0 Å². The van der Waals surface area contributed by atoms with Crippen LogP contribution in [0.5, 0.6) is 0 Å². The second kappa shape index (κ2) is 34.6. The quantitative estimate of drug-likeness (QED) is 0.0384. The summed E-state index contributed by atoms with van der Waals surface area (Å²) in [6.07, 6.45) is 14.4. The van der Waals surface area contributed by atoms with E-state index < -0.39 is 31.7 Å². The molecule has 0 spiro atoms. The van der Waals surface area contributed by atoms with Gasteiger partial charge in [-0.05, 0) is 166 Å². The molecule has 8 aromatic carbocycles. The standard InChI is InChI=1S/C37H38NO2P.C21H23NP.C16H18O3.2BrH/c39-36(32-24-22-31(23-25-32)30-37(40)26-13-2-1-3-14-27-37)38-28-15-29-41(33-16-7-4-8-17-33,34-18-9-5-10-19-34)35-20-11-6-12-21-35;22-17-10-18-23(19-11-4-1-5-12-19,20-13-6-2-7-14-20)21-15-8-3-9-16-21;17-15(18)14-8-6-13(7-9-14)12-16(19)10-4-2-1-3-5-11-16;;/h4-12,16-25,40H,1-3,13,15,26,28-30H2;1-9,11-16H,10,17-18,22H2;6-9,19H,1-4,10,12H2,(H,17,18);2*1H/q;+1;;;/p-1. The van der Waals surface area contributed by atoms with Crippen molar-refractivity contribution < 1.29 is 58.9 Å². The van der Waals surface area contributed by atoms with Crippen LogP contribution >= 0.6 is 14.5 Å². The number of carboxylic acids is 1. The minimum absolute atomic E-state index is 0. The van der Waals surface area contributed by atoms with Crippen LogP contribution in [0.3, 0.4) is 0 Å². The number of nitrogens with one attached hydrogen (secondary N) is 1. The monoisotopic (exact) mass is 1300 g/mol. The van der Waals surface area contributed by atoms with Crippen molar-refractivity contribution in [2.75, 3.05) is 25.4 Å². The van der Waals surface area contributed by atoms with Gasteiger partial charge in [-0.2, -0.15) is 0 Å². The predicted molar refractivity (Wildman–Crippen MR) is 350 cm³/mol. The molecule has 0 fully saturated rings. The molecular formula is C74H80Br2N2O5P2. The number of aromatic carboxylic acids is 1. The van der Waals surface area contributed by atoms with Crippen molar-refractivity contribution in [2.24, 2.45) is 5.73 Å². The molecule has 8 aromatic rings. The Morgan fingerprint density at radius 1 is 0.435 bits per heavy atom. The van der Waals surface area contributed by atoms with Gasteiger partial charge in [0.1, 0.15) is 57.6 Å². The summed E-state index contributed by atoms with van der Waals surface area (Å²) in [5, 5.41) is 41.9. The van der Waals surface area contributed by atoms with Crippen LogP contribution in [0.1, 0.15) is 109 Å². The number of benzene rings is 8. The molecule has 0 heterocycles. The van der Waals surface area contributed by atoms with E-state index in [9.17, 15) is 19.8 Å². The second-order valence-electron chi connectivity index (χ2n) is 21.7. The van der Waals surface area contributed by atoms with E-state index in [2.05, 4.69) is 211 Å². The molecule has 440 valence electrons. The molecule has 11 heteroatoms. The summed E-state index contributed by atoms with van der Waals surface area (Å²) in [4.78, 5) is 23.8. The summed E-state index contributed by atoms with van der Waals surface area (Å²) in [5.41, 5.74) is 6.77. The number of hydrogen-bond donors (Lipinski definition) is 5. The van der Waals surface area contributed by atoms with Crippen molar-refractivity contribution >= 4 is 58.2 Å². The number of carbonyl (C=O) groups is 2. The van der Waals surface area contributed by atoms with Gasteiger partial charge in [0.2, 0.25) is 0 Å². The van der Waals surface area contributed by atoms with Crippen LogP contribution in [0, 0.1) is 23.7 Å². The van der Waals surface area contributed by atoms with E-state index in [4.69, 9.17) is 10.8 Å². The van der Waals surface area contributed by atoms with Crippen molar-refractivity contribution in [2.45, 2.75) is 101 Å². The van der Waals surface area contributed by atoms with Crippen LogP contribution in [-0.2, 0) is 12.8 Å². The molecule has 1 amide bonds. The highest BCUT2D eigenvalue weighted by Crippen LogP contribution is 2.56. The lowest BCUT2D eigenvalue weighted by Crippen LogP contribution is -3.00. The third kappa shape index (κ3) is 19.0. The number of aliphatic hydroxyl groups is 2. The number of rotatable bonds is 19. The van der Waals surface area contributed by atoms with E-state index in [0.29, 0.717) is 37.8 Å². The zero-order valence-corrected chi connectivity index (χ0v) is 53.5. The molecule has 6 N–H and O–H groups in total. The van der Waals surface area contributed by atoms with Crippen LogP contribution in [-0.4, -0.2) is 63.8 Å². The fraction of sp³-hybridized carbons (Fsp3) is 0.270. The van der Waals surface area contributed by atoms with Crippen LogP contribution < -0.4 is 76.8 Å². The predicted octanol–water partition coefficient (Wildman–Crippen LogP) is 6.00. The third-order valence-electron chi connectivity index (χ3n) is 15.7. The van der Waals surface area contributed by atoms with Crippen molar-refractivity contribution in [3.05, 3.63) is 253 Å². The van der Waals surface area contributed by atoms with E-state index in [0.717, 1.165) is 94.2 Å². The molecule has 0 radical (unpaired) electrons. The van der Waals surface area contributed by atoms with E-state index in [1.165, 1.54) is 31.8 Å². The first kappa shape index (κ1) is 67.6. The highest BCUT2D eigenvalue weighted by Gasteiger charge is 2.46. The number of carboxylic acid groups (broad SMARTS) is 1. The Morgan fingerprint density at radius 3 is 1.07 bits per heavy atom. The number of nitrogens with two attached hydrogens (primary N) is 1. The maximum Gasteiger partial charge on any atom is 0.335 e. The molecule has 2 aliphatic carbocycles. The van der Waals surface area contributed by atoms with Gasteiger partial charge < -0.3 is 60.3 Å². The van der Waals surface area contributed by atoms with Gasteiger partial charge in [-0.15, -0.1) is 11.8 Å². The fourth-order valence-electron chi connectivity index (χ4n) is 11.4. The van der Waals surface area contributed by atoms with Gasteiger partial charge in [0.25, 0.3) is 5.91 Å². The smallest absolute Gasteiger partial charge is 0.335 e. The molecule has 0 aromatic heterocycles. The SMILES string of the molecule is NCCC[P+](c1ccccc1)(c1ccccc1)c1ccccc1.O=C(NCCC[P+](c1ccccc1)(c1ccccc1)c1ccccc1)c1ccc(CC2(O)C#CCCCCC2)cc1.O=C(O)c1ccc(CC2(O)C#CCCCCC2)cc1.[Br-].[Br-]. The van der Waals surface area contributed by atoms with E-state index >= 15 is 0 Å². The normalized spacial score (nSPS) is 16.4. The van der Waals surface area contributed by atoms with Crippen molar-refractivity contribution in [3.63, 3.8) is 0 Å². The van der Waals surface area contributed by atoms with E-state index in [1.54, 1.807) is 24.3 Å². The first-order valence-electron chi connectivity index (χ1n) is 29.5. The second-order valence-corrected chi connectivity index (χ2v) is 28.9. The minimum atomic E-state index is -1.91. The number of hydrogen-bond acceptors (Lipinski definition) is 5. The van der Waals surface area contributed by atoms with E-state index in [-0.39, 0.29) is 45.4 Å². The average Bonchev–Trinajstić information content (AvgIpc) is 2.63. The fourth-order valence-corrected chi connectivity index (χ4v) is 20.1. The van der Waals surface area contributed by atoms with Gasteiger partial charge in [0.05, 0.1) is 17.9 Å². The van der Waals surface area contributed by atoms with Gasteiger partial charge in [0, 0.05) is 37.8 Å². The van der Waals surface area contributed by atoms with E-state index in [1.807, 2.05) is 24.3 Å². The maximum absolute atomic E-state index is 13.1. The topological polar surface area (TPSA) is 133 Å². The highest BCUT2D eigenvalue weighted by atomic mass is 79.9. The molecule has 0 saturated heterocycles. The Bertz CT molecular complexity index is 3190. The number of carbonyl (C=O) groups excluding carboxylic acids is 1. The summed E-state index contributed by atoms with van der Waals surface area (Å²) in [6, 6.07) is 79.7. The maximum atomic E-state index is 13.1. The average molecular weight is 1300 g/mol. The van der Waals surface area contributed by atoms with Crippen molar-refractivity contribution in [1.82, 2.24) is 5.32 Å². The molecule has 0 bridgehead atoms. The van der Waals surface area contributed by atoms with Crippen LogP contribution in [0.25, 0.3) is 0 Å². The Hall–Kier alpha value is -6.48. The summed E-state index contributed by atoms with van der Waals surface area (Å²) in [7, 11) is -3.56. The molecule has 2 aliphatic rings. The lowest BCUT2D eigenvalue weighted by Gasteiger charge is -2.27. The molecule has 85 heavy (non-hydrogen) atoms. The summed E-state index contributed by atoms with van der Waals surface area (Å²) >= 11 is 0. The van der Waals surface area contributed by atoms with Gasteiger partial charge in [-0.1, -0.05) is 158 Å². The Labute approximate surface area is 527 Å². The first-order valence-corrected chi connectivity index (χ1v) is 33.4. The lowest BCUT2D eigenvalue weighted by atomic mass is 9.88. The summed E-state index contributed by atoms with van der Waals surface area (Å²) in [6.45, 7) is 1.33. The van der Waals surface area contributed by atoms with Crippen molar-refractivity contribution in [3.8, 4) is 23.7 Å². The van der Waals surface area contributed by atoms with Crippen LogP contribution in [0.2, 0.25) is 0 Å². The van der Waals surface area contributed by atoms with Gasteiger partial charge in [-0.3, -0.25) is 4.79 Å². The number of amides is 1. The molecule has 2 unspecified atom stereocenters. The Kier molecular flexibility index (Phi) is 27.5. The lowest BCUT2D eigenvalue weighted by molar-refractivity contribution is -0.001000. The van der Waals surface area contributed by atoms with Crippen LogP contribution in [0.4, 0.5) is 0 Å². The third-order valence-corrected chi connectivity index (χ3v) is 24.7. The molecule has 2 atom stereocenters. The van der Waals surface area contributed by atoms with Gasteiger partial charge in [-0.25, -0.2) is 4.79 Å². The molecular weight excluding hydrogens is 1220 g/mol. The minimum Gasteiger partial charge on any atom is -1.00 e. The Balaban J connectivity index is 0.000000222. The highest BCUT2D eigenvalue weighted by molar-refractivity contribution is 7.96. The van der Waals surface area contributed by atoms with Crippen LogP contribution in [0.15, 0.2) is 231 Å². The summed E-state index contributed by atoms with van der Waals surface area (Å²) < 4.78 is 0. The first-order chi connectivity index (χ1) is 40.6. The van der Waals surface area contributed by atoms with Gasteiger partial charge >= 0.3 is 5.97 Å². The molecule has 10 rings (SSSR count). The zero-order valence-electron chi connectivity index (χ0n) is 48.6. The van der Waals surface area contributed by atoms with Crippen molar-refractivity contribution in [1.29, 1.82) is 0 Å². The molecule has 0 aliphatic heterocycles. The molecule has 0 saturated carbocycles.